The highest BCUT2D eigenvalue weighted by Crippen LogP contribution is 2.25. The first kappa shape index (κ1) is 10.1. The van der Waals surface area contributed by atoms with Crippen LogP contribution in [0.5, 0.6) is 0 Å². The van der Waals surface area contributed by atoms with E-state index in [1.165, 1.54) is 0 Å². The molecule has 8 heteroatoms. The summed E-state index contributed by atoms with van der Waals surface area (Å²) in [6, 6.07) is -0.330. The Morgan fingerprint density at radius 2 is 2.40 bits per heavy atom. The van der Waals surface area contributed by atoms with Gasteiger partial charge in [-0.2, -0.15) is 20.5 Å². The molecule has 2 aromatic heterocycles. The summed E-state index contributed by atoms with van der Waals surface area (Å²) in [4.78, 5) is 0. The zero-order valence-corrected chi connectivity index (χ0v) is 8.73. The fraction of sp³-hybridized carbons (Fsp3) is 0.286. The number of hydrazine groups is 1. The van der Waals surface area contributed by atoms with Gasteiger partial charge in [-0.25, -0.2) is 5.43 Å². The molecule has 0 aliphatic rings. The van der Waals surface area contributed by atoms with Gasteiger partial charge in [-0.15, -0.1) is 0 Å². The Labute approximate surface area is 90.6 Å². The summed E-state index contributed by atoms with van der Waals surface area (Å²) in [5.41, 5.74) is 4.02. The molecule has 0 amide bonds. The second kappa shape index (κ2) is 3.97. The molecule has 2 aromatic rings. The third-order valence-corrected chi connectivity index (χ3v) is 2.40. The molecule has 0 aliphatic carbocycles. The number of nitrogens with zero attached hydrogens (tertiary/aromatic N) is 4. The lowest BCUT2D eigenvalue weighted by atomic mass is 10.1. The van der Waals surface area contributed by atoms with Crippen molar-refractivity contribution in [3.63, 3.8) is 0 Å². The number of H-pyrrole nitrogens is 1. The van der Waals surface area contributed by atoms with Crippen LogP contribution in [0.25, 0.3) is 0 Å². The maximum Gasteiger partial charge on any atom is 0.110 e. The molecular weight excluding hydrogens is 218 g/mol. The van der Waals surface area contributed by atoms with Crippen molar-refractivity contribution in [3.8, 4) is 0 Å². The summed E-state index contributed by atoms with van der Waals surface area (Å²) in [7, 11) is 1.78. The molecule has 0 saturated heterocycles. The highest BCUT2D eigenvalue weighted by atomic mass is 35.5. The Morgan fingerprint density at radius 1 is 1.60 bits per heavy atom. The first-order valence-corrected chi connectivity index (χ1v) is 4.61. The van der Waals surface area contributed by atoms with Gasteiger partial charge in [0.05, 0.1) is 23.1 Å². The molecule has 1 unspecified atom stereocenters. The molecule has 80 valence electrons. The van der Waals surface area contributed by atoms with Crippen molar-refractivity contribution in [2.45, 2.75) is 6.04 Å². The number of rotatable bonds is 3. The summed E-state index contributed by atoms with van der Waals surface area (Å²) in [5.74, 6) is 5.46. The van der Waals surface area contributed by atoms with Crippen LogP contribution in [0.4, 0.5) is 0 Å². The Morgan fingerprint density at radius 3 is 2.87 bits per heavy atom. The lowest BCUT2D eigenvalue weighted by molar-refractivity contribution is 0.563. The summed E-state index contributed by atoms with van der Waals surface area (Å²) in [6.07, 6.45) is 3.13. The number of halogens is 1. The molecule has 7 nitrogen and oxygen atoms in total. The van der Waals surface area contributed by atoms with E-state index in [-0.39, 0.29) is 6.04 Å². The molecule has 0 spiro atoms. The zero-order chi connectivity index (χ0) is 10.8. The predicted octanol–water partition coefficient (Wildman–Crippen LogP) is -0.256. The van der Waals surface area contributed by atoms with Crippen LogP contribution in [0.1, 0.15) is 17.4 Å². The molecule has 2 heterocycles. The first-order chi connectivity index (χ1) is 7.24. The number of nitrogens with two attached hydrogens (primary N) is 1. The number of hydrogen-bond donors (Lipinski definition) is 3. The number of aryl methyl sites for hydroxylation is 1. The van der Waals surface area contributed by atoms with Crippen molar-refractivity contribution < 1.29 is 0 Å². The molecule has 0 fully saturated rings. The SMILES string of the molecule is Cn1ncc(Cl)c1C(NN)c1cn[nH]n1. The molecule has 1 atom stereocenters. The monoisotopic (exact) mass is 227 g/mol. The highest BCUT2D eigenvalue weighted by Gasteiger charge is 2.21. The van der Waals surface area contributed by atoms with Crippen LogP contribution < -0.4 is 11.3 Å². The van der Waals surface area contributed by atoms with Gasteiger partial charge in [0, 0.05) is 7.05 Å². The van der Waals surface area contributed by atoms with Crippen molar-refractivity contribution in [1.82, 2.24) is 30.6 Å². The van der Waals surface area contributed by atoms with Gasteiger partial charge in [0.15, 0.2) is 0 Å². The fourth-order valence-corrected chi connectivity index (χ4v) is 1.67. The molecule has 15 heavy (non-hydrogen) atoms. The molecule has 0 radical (unpaired) electrons. The van der Waals surface area contributed by atoms with Crippen LogP contribution in [0.2, 0.25) is 5.02 Å². The normalized spacial score (nSPS) is 13.0. The molecular formula is C7H10ClN7. The summed E-state index contributed by atoms with van der Waals surface area (Å²) < 4.78 is 1.64. The van der Waals surface area contributed by atoms with E-state index >= 15 is 0 Å². The standard InChI is InChI=1S/C7H10ClN7/c1-15-7(4(8)2-11-15)6(12-9)5-3-10-14-13-5/h2-3,6,12H,9H2,1H3,(H,10,13,14). The van der Waals surface area contributed by atoms with E-state index < -0.39 is 0 Å². The number of aromatic amines is 1. The zero-order valence-electron chi connectivity index (χ0n) is 7.98. The second-order valence-corrected chi connectivity index (χ2v) is 3.40. The molecule has 0 aliphatic heterocycles. The predicted molar refractivity (Wildman–Crippen MR) is 53.8 cm³/mol. The van der Waals surface area contributed by atoms with E-state index in [1.807, 2.05) is 0 Å². The third-order valence-electron chi connectivity index (χ3n) is 2.11. The van der Waals surface area contributed by atoms with Crippen LogP contribution in [0, 0.1) is 0 Å². The summed E-state index contributed by atoms with van der Waals surface area (Å²) >= 11 is 6.00. The van der Waals surface area contributed by atoms with Gasteiger partial charge < -0.3 is 0 Å². The first-order valence-electron chi connectivity index (χ1n) is 4.23. The van der Waals surface area contributed by atoms with Crippen molar-refractivity contribution in [2.75, 3.05) is 0 Å². The summed E-state index contributed by atoms with van der Waals surface area (Å²) in [5, 5.41) is 14.7. The average Bonchev–Trinajstić information content (AvgIpc) is 2.83. The van der Waals surface area contributed by atoms with Crippen molar-refractivity contribution in [1.29, 1.82) is 0 Å². The van der Waals surface area contributed by atoms with Gasteiger partial charge in [0.2, 0.25) is 0 Å². The Kier molecular flexibility index (Phi) is 2.67. The van der Waals surface area contributed by atoms with Crippen molar-refractivity contribution >= 4 is 11.6 Å². The lowest BCUT2D eigenvalue weighted by Crippen LogP contribution is -2.30. The van der Waals surface area contributed by atoms with E-state index in [0.717, 1.165) is 5.69 Å². The average molecular weight is 228 g/mol. The Balaban J connectivity index is 2.44. The Bertz CT molecular complexity index is 415. The third kappa shape index (κ3) is 1.72. The van der Waals surface area contributed by atoms with Gasteiger partial charge in [-0.3, -0.25) is 10.5 Å². The van der Waals surface area contributed by atoms with Crippen LogP contribution >= 0.6 is 11.6 Å². The summed E-state index contributed by atoms with van der Waals surface area (Å²) in [6.45, 7) is 0. The lowest BCUT2D eigenvalue weighted by Gasteiger charge is -2.13. The second-order valence-electron chi connectivity index (χ2n) is 3.00. The van der Waals surface area contributed by atoms with Gasteiger partial charge >= 0.3 is 0 Å². The van der Waals surface area contributed by atoms with Crippen LogP contribution in [0.3, 0.4) is 0 Å². The number of nitrogens with one attached hydrogen (secondary N) is 2. The maximum atomic E-state index is 6.00. The van der Waals surface area contributed by atoms with Gasteiger partial charge in [0.25, 0.3) is 0 Å². The van der Waals surface area contributed by atoms with Crippen LogP contribution in [-0.2, 0) is 7.05 Å². The molecule has 0 aromatic carbocycles. The minimum Gasteiger partial charge on any atom is -0.270 e. The molecule has 0 bridgehead atoms. The quantitative estimate of drug-likeness (QED) is 0.496. The highest BCUT2D eigenvalue weighted by molar-refractivity contribution is 6.31. The number of hydrogen-bond acceptors (Lipinski definition) is 5. The number of aromatic nitrogens is 5. The smallest absolute Gasteiger partial charge is 0.110 e. The van der Waals surface area contributed by atoms with E-state index in [0.29, 0.717) is 10.7 Å². The van der Waals surface area contributed by atoms with E-state index in [1.54, 1.807) is 24.1 Å². The van der Waals surface area contributed by atoms with E-state index in [2.05, 4.69) is 25.9 Å². The largest absolute Gasteiger partial charge is 0.270 e. The van der Waals surface area contributed by atoms with Gasteiger partial charge in [0.1, 0.15) is 11.7 Å². The van der Waals surface area contributed by atoms with Crippen molar-refractivity contribution in [2.24, 2.45) is 12.9 Å². The Hall–Kier alpha value is -1.44. The van der Waals surface area contributed by atoms with Crippen LogP contribution in [0.15, 0.2) is 12.4 Å². The fourth-order valence-electron chi connectivity index (χ4n) is 1.40. The van der Waals surface area contributed by atoms with Gasteiger partial charge in [-0.05, 0) is 0 Å². The van der Waals surface area contributed by atoms with Crippen LogP contribution in [-0.4, -0.2) is 25.2 Å². The maximum absolute atomic E-state index is 6.00. The van der Waals surface area contributed by atoms with E-state index in [4.69, 9.17) is 17.4 Å². The van der Waals surface area contributed by atoms with E-state index in [9.17, 15) is 0 Å². The topological polar surface area (TPSA) is 97.4 Å². The minimum absolute atomic E-state index is 0.330. The molecule has 2 rings (SSSR count). The van der Waals surface area contributed by atoms with Crippen molar-refractivity contribution in [3.05, 3.63) is 28.8 Å². The minimum atomic E-state index is -0.330. The van der Waals surface area contributed by atoms with Gasteiger partial charge in [-0.1, -0.05) is 11.6 Å². The molecule has 0 saturated carbocycles. The molecule has 4 N–H and O–H groups in total.